The molecule has 0 amide bonds. The van der Waals surface area contributed by atoms with Gasteiger partial charge in [-0.15, -0.1) is 11.8 Å². The molecule has 0 bridgehead atoms. The van der Waals surface area contributed by atoms with E-state index in [0.717, 1.165) is 24.7 Å². The summed E-state index contributed by atoms with van der Waals surface area (Å²) in [5.74, 6) is 8.39. The lowest BCUT2D eigenvalue weighted by Crippen LogP contribution is -2.00. The first kappa shape index (κ1) is 9.92. The molecule has 0 saturated heterocycles. The van der Waals surface area contributed by atoms with Gasteiger partial charge in [-0.3, -0.25) is 0 Å². The monoisotopic (exact) mass is 210 g/mol. The van der Waals surface area contributed by atoms with Gasteiger partial charge in [0.05, 0.1) is 6.61 Å². The molecule has 2 unspecified atom stereocenters. The summed E-state index contributed by atoms with van der Waals surface area (Å²) in [7, 11) is 0. The number of ether oxygens (including phenoxy) is 1. The van der Waals surface area contributed by atoms with E-state index in [1.807, 2.05) is 0 Å². The highest BCUT2D eigenvalue weighted by molar-refractivity contribution is 7.96. The molecule has 0 aliphatic heterocycles. The maximum Gasteiger partial charge on any atom is 0.364 e. The second-order valence-corrected chi connectivity index (χ2v) is 4.36. The number of carbonyl (C=O) groups is 1. The maximum atomic E-state index is 10.5. The van der Waals surface area contributed by atoms with Gasteiger partial charge in [-0.1, -0.05) is 12.6 Å². The zero-order valence-electron chi connectivity index (χ0n) is 8.03. The predicted molar refractivity (Wildman–Crippen MR) is 57.0 cm³/mol. The lowest BCUT2D eigenvalue weighted by Gasteiger charge is -1.98. The van der Waals surface area contributed by atoms with Crippen LogP contribution in [0.4, 0.5) is 4.79 Å². The summed E-state index contributed by atoms with van der Waals surface area (Å²) in [5.41, 5.74) is 0. The van der Waals surface area contributed by atoms with Gasteiger partial charge in [0.15, 0.2) is 0 Å². The van der Waals surface area contributed by atoms with Gasteiger partial charge in [0.25, 0.3) is 0 Å². The maximum absolute atomic E-state index is 10.5. The highest BCUT2D eigenvalue weighted by Gasteiger charge is 2.49. The van der Waals surface area contributed by atoms with Crippen molar-refractivity contribution >= 4 is 17.9 Å². The molecule has 2 atom stereocenters. The molecule has 76 valence electrons. The fraction of sp³-hybridized carbons (Fsp3) is 0.727. The Labute approximate surface area is 89.8 Å². The highest BCUT2D eigenvalue weighted by Crippen LogP contribution is 2.52. The summed E-state index contributed by atoms with van der Waals surface area (Å²) in [6.07, 6.45) is 4.36. The van der Waals surface area contributed by atoms with Crippen LogP contribution in [0.2, 0.25) is 0 Å². The van der Waals surface area contributed by atoms with Crippen molar-refractivity contribution in [2.45, 2.75) is 25.7 Å². The van der Waals surface area contributed by atoms with Crippen molar-refractivity contribution in [3.8, 4) is 11.8 Å². The van der Waals surface area contributed by atoms with E-state index >= 15 is 0 Å². The summed E-state index contributed by atoms with van der Waals surface area (Å²) >= 11 is 3.59. The number of thiol groups is 1. The third-order valence-electron chi connectivity index (χ3n) is 3.24. The molecule has 2 nitrogen and oxygen atoms in total. The van der Waals surface area contributed by atoms with Crippen molar-refractivity contribution in [2.24, 2.45) is 17.8 Å². The minimum atomic E-state index is -0.458. The van der Waals surface area contributed by atoms with Crippen molar-refractivity contribution in [3.05, 3.63) is 0 Å². The largest absolute Gasteiger partial charge is 0.457 e. The van der Waals surface area contributed by atoms with E-state index in [2.05, 4.69) is 24.5 Å². The van der Waals surface area contributed by atoms with Crippen molar-refractivity contribution in [3.63, 3.8) is 0 Å². The van der Waals surface area contributed by atoms with Gasteiger partial charge in [0, 0.05) is 12.8 Å². The Morgan fingerprint density at radius 2 is 1.86 bits per heavy atom. The number of fused-ring (bicyclic) bond motifs is 1. The van der Waals surface area contributed by atoms with Crippen LogP contribution in [0.5, 0.6) is 0 Å². The van der Waals surface area contributed by atoms with Gasteiger partial charge in [0.1, 0.15) is 0 Å². The van der Waals surface area contributed by atoms with Crippen LogP contribution in [0.3, 0.4) is 0 Å². The van der Waals surface area contributed by atoms with E-state index in [-0.39, 0.29) is 0 Å². The van der Waals surface area contributed by atoms with E-state index in [1.165, 1.54) is 12.8 Å². The van der Waals surface area contributed by atoms with E-state index in [1.54, 1.807) is 0 Å². The fourth-order valence-electron chi connectivity index (χ4n) is 2.45. The summed E-state index contributed by atoms with van der Waals surface area (Å²) in [4.78, 5) is 10.5. The number of hydrogen-bond acceptors (Lipinski definition) is 2. The van der Waals surface area contributed by atoms with Crippen LogP contribution in [-0.4, -0.2) is 11.9 Å². The van der Waals surface area contributed by atoms with E-state index < -0.39 is 5.30 Å². The van der Waals surface area contributed by atoms with Crippen molar-refractivity contribution in [1.29, 1.82) is 0 Å². The summed E-state index contributed by atoms with van der Waals surface area (Å²) in [6, 6.07) is 0. The van der Waals surface area contributed by atoms with Gasteiger partial charge >= 0.3 is 5.30 Å². The van der Waals surface area contributed by atoms with Gasteiger partial charge in [-0.05, 0) is 30.6 Å². The quantitative estimate of drug-likeness (QED) is 0.430. The molecule has 1 fully saturated rings. The van der Waals surface area contributed by atoms with E-state index in [9.17, 15) is 4.79 Å². The molecule has 2 aliphatic rings. The summed E-state index contributed by atoms with van der Waals surface area (Å²) < 4.78 is 4.92. The first-order valence-corrected chi connectivity index (χ1v) is 5.55. The predicted octanol–water partition coefficient (Wildman–Crippen LogP) is 2.49. The third-order valence-corrected chi connectivity index (χ3v) is 3.37. The van der Waals surface area contributed by atoms with E-state index in [0.29, 0.717) is 12.5 Å². The van der Waals surface area contributed by atoms with Crippen LogP contribution in [0.25, 0.3) is 0 Å². The standard InChI is InChI=1S/C11H14O2S/c12-11(14)13-7-10-8-5-3-1-2-4-6-9(8)10/h8-10H,3-7H2,(H,12,14). The summed E-state index contributed by atoms with van der Waals surface area (Å²) in [6.45, 7) is 0.553. The van der Waals surface area contributed by atoms with Gasteiger partial charge in [-0.25, -0.2) is 4.79 Å². The van der Waals surface area contributed by atoms with Crippen LogP contribution in [0.1, 0.15) is 25.7 Å². The molecular weight excluding hydrogens is 196 g/mol. The summed E-state index contributed by atoms with van der Waals surface area (Å²) in [5, 5.41) is -0.458. The molecule has 14 heavy (non-hydrogen) atoms. The Hall–Kier alpha value is -0.620. The van der Waals surface area contributed by atoms with Crippen molar-refractivity contribution < 1.29 is 9.53 Å². The lowest BCUT2D eigenvalue weighted by atomic mass is 10.1. The molecule has 0 aromatic rings. The fourth-order valence-corrected chi connectivity index (χ4v) is 2.52. The molecule has 1 saturated carbocycles. The van der Waals surface area contributed by atoms with Crippen molar-refractivity contribution in [1.82, 2.24) is 0 Å². The van der Waals surface area contributed by atoms with Crippen LogP contribution in [-0.2, 0) is 4.74 Å². The Bertz CT molecular complexity index is 271. The normalized spacial score (nSPS) is 34.2. The van der Waals surface area contributed by atoms with E-state index in [4.69, 9.17) is 4.74 Å². The van der Waals surface area contributed by atoms with Crippen LogP contribution in [0, 0.1) is 29.6 Å². The number of hydrogen-bond donors (Lipinski definition) is 1. The molecule has 2 rings (SSSR count). The Balaban J connectivity index is 1.79. The average molecular weight is 210 g/mol. The third kappa shape index (κ3) is 2.24. The second kappa shape index (κ2) is 4.27. The van der Waals surface area contributed by atoms with Gasteiger partial charge in [-0.2, -0.15) is 0 Å². The lowest BCUT2D eigenvalue weighted by molar-refractivity contribution is 0.166. The molecule has 0 spiro atoms. The first-order valence-electron chi connectivity index (χ1n) is 5.10. The van der Waals surface area contributed by atoms with Crippen LogP contribution in [0.15, 0.2) is 0 Å². The topological polar surface area (TPSA) is 26.3 Å². The Kier molecular flexibility index (Phi) is 3.02. The zero-order valence-corrected chi connectivity index (χ0v) is 8.93. The van der Waals surface area contributed by atoms with Crippen LogP contribution >= 0.6 is 12.6 Å². The molecule has 3 heteroatoms. The smallest absolute Gasteiger partial charge is 0.364 e. The second-order valence-electron chi connectivity index (χ2n) is 4.00. The Morgan fingerprint density at radius 1 is 1.29 bits per heavy atom. The molecule has 2 aliphatic carbocycles. The molecule has 0 aromatic heterocycles. The average Bonchev–Trinajstić information content (AvgIpc) is 2.72. The van der Waals surface area contributed by atoms with Crippen molar-refractivity contribution in [2.75, 3.05) is 6.61 Å². The molecule has 0 radical (unpaired) electrons. The van der Waals surface area contributed by atoms with Gasteiger partial charge in [0.2, 0.25) is 0 Å². The molecule has 0 N–H and O–H groups in total. The van der Waals surface area contributed by atoms with Crippen LogP contribution < -0.4 is 0 Å². The highest BCUT2D eigenvalue weighted by atomic mass is 32.1. The molecule has 0 heterocycles. The number of carbonyl (C=O) groups excluding carboxylic acids is 1. The zero-order chi connectivity index (χ0) is 9.97. The number of rotatable bonds is 2. The molecule has 0 aromatic carbocycles. The van der Waals surface area contributed by atoms with Gasteiger partial charge < -0.3 is 4.74 Å². The minimum absolute atomic E-state index is 0.458. The molecular formula is C11H14O2S. The minimum Gasteiger partial charge on any atom is -0.457 e. The SMILES string of the molecule is O=C(S)OCC1C2CCC#CCCC21. The first-order chi connectivity index (χ1) is 6.79. The Morgan fingerprint density at radius 3 is 2.36 bits per heavy atom.